The van der Waals surface area contributed by atoms with Crippen molar-refractivity contribution in [2.75, 3.05) is 11.1 Å². The predicted octanol–water partition coefficient (Wildman–Crippen LogP) is 3.42. The number of benzene rings is 1. The van der Waals surface area contributed by atoms with Gasteiger partial charge < -0.3 is 11.1 Å². The van der Waals surface area contributed by atoms with E-state index in [0.29, 0.717) is 23.2 Å². The minimum atomic E-state index is -0.371. The van der Waals surface area contributed by atoms with Gasteiger partial charge in [-0.1, -0.05) is 0 Å². The van der Waals surface area contributed by atoms with Gasteiger partial charge in [0.25, 0.3) is 0 Å². The molecule has 0 atom stereocenters. The number of amides is 1. The maximum Gasteiger partial charge on any atom is 0.228 e. The highest BCUT2D eigenvalue weighted by Crippen LogP contribution is 2.56. The quantitative estimate of drug-likeness (QED) is 0.819. The molecule has 0 aliphatic heterocycles. The van der Waals surface area contributed by atoms with Crippen molar-refractivity contribution in [3.63, 3.8) is 0 Å². The highest BCUT2D eigenvalue weighted by atomic mass is 19.1. The van der Waals surface area contributed by atoms with Gasteiger partial charge in [0.2, 0.25) is 5.91 Å². The summed E-state index contributed by atoms with van der Waals surface area (Å²) >= 11 is 0. The van der Waals surface area contributed by atoms with Gasteiger partial charge >= 0.3 is 0 Å². The minimum absolute atomic E-state index is 0.0427. The van der Waals surface area contributed by atoms with Crippen molar-refractivity contribution in [3.8, 4) is 0 Å². The van der Waals surface area contributed by atoms with Gasteiger partial charge in [-0.05, 0) is 74.0 Å². The van der Waals surface area contributed by atoms with Crippen LogP contribution in [0.4, 0.5) is 15.8 Å². The largest absolute Gasteiger partial charge is 0.397 e. The Labute approximate surface area is 124 Å². The van der Waals surface area contributed by atoms with Gasteiger partial charge in [-0.2, -0.15) is 0 Å². The first-order valence-electron chi connectivity index (χ1n) is 7.96. The molecule has 112 valence electrons. The first-order chi connectivity index (χ1) is 10.1. The smallest absolute Gasteiger partial charge is 0.228 e. The average molecular weight is 288 g/mol. The third-order valence-electron chi connectivity index (χ3n) is 5.80. The van der Waals surface area contributed by atoms with E-state index in [1.807, 2.05) is 0 Å². The Bertz CT molecular complexity index is 558. The van der Waals surface area contributed by atoms with Crippen LogP contribution in [0.5, 0.6) is 0 Å². The molecule has 0 aromatic heterocycles. The summed E-state index contributed by atoms with van der Waals surface area (Å²) in [5, 5.41) is 2.88. The second-order valence-electron chi connectivity index (χ2n) is 7.18. The van der Waals surface area contributed by atoms with Crippen LogP contribution in [0.2, 0.25) is 0 Å². The Morgan fingerprint density at radius 1 is 1.10 bits per heavy atom. The zero-order chi connectivity index (χ0) is 14.6. The van der Waals surface area contributed by atoms with Crippen LogP contribution >= 0.6 is 0 Å². The summed E-state index contributed by atoms with van der Waals surface area (Å²) in [6.07, 6.45) is 6.17. The maximum absolute atomic E-state index is 13.3. The van der Waals surface area contributed by atoms with Gasteiger partial charge in [0, 0.05) is 5.92 Å². The molecule has 1 aromatic carbocycles. The first-order valence-corrected chi connectivity index (χ1v) is 7.96. The van der Waals surface area contributed by atoms with Gasteiger partial charge in [-0.15, -0.1) is 0 Å². The van der Waals surface area contributed by atoms with Crippen LogP contribution in [0.15, 0.2) is 18.2 Å². The molecule has 1 amide bonds. The molecule has 4 fully saturated rings. The number of carbonyl (C=O) groups excluding carboxylic acids is 1. The molecule has 1 aromatic rings. The summed E-state index contributed by atoms with van der Waals surface area (Å²) in [4.78, 5) is 12.7. The van der Waals surface area contributed by atoms with E-state index in [1.165, 1.54) is 50.3 Å². The van der Waals surface area contributed by atoms with Crippen LogP contribution in [-0.4, -0.2) is 5.91 Å². The summed E-state index contributed by atoms with van der Waals surface area (Å²) in [6, 6.07) is 4.12. The second-order valence-corrected chi connectivity index (χ2v) is 7.18. The van der Waals surface area contributed by atoms with Crippen LogP contribution in [0, 0.1) is 35.4 Å². The van der Waals surface area contributed by atoms with Crippen LogP contribution in [0.3, 0.4) is 0 Å². The molecular formula is C17H21FN2O. The molecule has 0 saturated heterocycles. The molecule has 0 spiro atoms. The monoisotopic (exact) mass is 288 g/mol. The van der Waals surface area contributed by atoms with Gasteiger partial charge in [0.1, 0.15) is 5.82 Å². The maximum atomic E-state index is 13.3. The fourth-order valence-electron chi connectivity index (χ4n) is 5.21. The lowest BCUT2D eigenvalue weighted by molar-refractivity contribution is -0.132. The standard InChI is InChI=1S/C17H21FN2O/c18-13-1-2-14(19)15(8-13)20-17(21)16-11-4-9-3-10(6-11)7-12(16)5-9/h1-2,8-12,16H,3-7,19H2,(H,20,21). The highest BCUT2D eigenvalue weighted by Gasteiger charge is 2.50. The normalized spacial score (nSPS) is 36.7. The van der Waals surface area contributed by atoms with E-state index >= 15 is 0 Å². The van der Waals surface area contributed by atoms with Crippen LogP contribution in [-0.2, 0) is 4.79 Å². The van der Waals surface area contributed by atoms with E-state index < -0.39 is 0 Å². The SMILES string of the molecule is Nc1ccc(F)cc1NC(=O)C1C2CC3CC(C2)CC1C3. The number of hydrogen-bond donors (Lipinski definition) is 2. The topological polar surface area (TPSA) is 55.1 Å². The van der Waals surface area contributed by atoms with E-state index in [0.717, 1.165) is 11.8 Å². The van der Waals surface area contributed by atoms with Crippen LogP contribution in [0.25, 0.3) is 0 Å². The molecule has 4 heteroatoms. The lowest BCUT2D eigenvalue weighted by Crippen LogP contribution is -2.49. The molecule has 0 unspecified atom stereocenters. The zero-order valence-electron chi connectivity index (χ0n) is 12.0. The lowest BCUT2D eigenvalue weighted by Gasteiger charge is -2.53. The van der Waals surface area contributed by atoms with Gasteiger partial charge in [-0.3, -0.25) is 4.79 Å². The number of hydrogen-bond acceptors (Lipinski definition) is 2. The van der Waals surface area contributed by atoms with Crippen molar-refractivity contribution in [2.45, 2.75) is 32.1 Å². The summed E-state index contributed by atoms with van der Waals surface area (Å²) < 4.78 is 13.3. The fraction of sp³-hybridized carbons (Fsp3) is 0.588. The van der Waals surface area contributed by atoms with E-state index in [-0.39, 0.29) is 17.6 Å². The molecule has 3 N–H and O–H groups in total. The Balaban J connectivity index is 1.54. The first kappa shape index (κ1) is 13.1. The molecule has 4 aliphatic carbocycles. The Kier molecular flexibility index (Phi) is 2.95. The Hall–Kier alpha value is -1.58. The number of nitrogens with two attached hydrogens (primary N) is 1. The third-order valence-corrected chi connectivity index (χ3v) is 5.80. The van der Waals surface area contributed by atoms with Crippen molar-refractivity contribution in [3.05, 3.63) is 24.0 Å². The van der Waals surface area contributed by atoms with Gasteiger partial charge in [-0.25, -0.2) is 4.39 Å². The fourth-order valence-corrected chi connectivity index (χ4v) is 5.21. The number of carbonyl (C=O) groups is 1. The summed E-state index contributed by atoms with van der Waals surface area (Å²) in [5.74, 6) is 2.50. The average Bonchev–Trinajstić information content (AvgIpc) is 2.41. The van der Waals surface area contributed by atoms with Gasteiger partial charge in [0.15, 0.2) is 0 Å². The number of rotatable bonds is 2. The van der Waals surface area contributed by atoms with E-state index in [4.69, 9.17) is 5.73 Å². The highest BCUT2D eigenvalue weighted by molar-refractivity contribution is 5.95. The molecule has 3 nitrogen and oxygen atoms in total. The minimum Gasteiger partial charge on any atom is -0.397 e. The molecule has 0 heterocycles. The number of anilines is 2. The molecule has 4 saturated carbocycles. The van der Waals surface area contributed by atoms with E-state index in [1.54, 1.807) is 0 Å². The van der Waals surface area contributed by atoms with Crippen molar-refractivity contribution in [1.82, 2.24) is 0 Å². The molecular weight excluding hydrogens is 267 g/mol. The Morgan fingerprint density at radius 2 is 1.71 bits per heavy atom. The van der Waals surface area contributed by atoms with Crippen LogP contribution in [0.1, 0.15) is 32.1 Å². The summed E-state index contributed by atoms with van der Waals surface area (Å²) in [5.41, 5.74) is 6.67. The molecule has 21 heavy (non-hydrogen) atoms. The van der Waals surface area contributed by atoms with Crippen molar-refractivity contribution in [2.24, 2.45) is 29.6 Å². The summed E-state index contributed by atoms with van der Waals surface area (Å²) in [6.45, 7) is 0. The lowest BCUT2D eigenvalue weighted by atomic mass is 9.51. The second kappa shape index (κ2) is 4.72. The predicted molar refractivity (Wildman–Crippen MR) is 80.0 cm³/mol. The van der Waals surface area contributed by atoms with E-state index in [2.05, 4.69) is 5.32 Å². The zero-order valence-corrected chi connectivity index (χ0v) is 12.0. The molecule has 4 bridgehead atoms. The third kappa shape index (κ3) is 2.21. The molecule has 0 radical (unpaired) electrons. The van der Waals surface area contributed by atoms with Gasteiger partial charge in [0.05, 0.1) is 11.4 Å². The number of nitrogen functional groups attached to an aromatic ring is 1. The van der Waals surface area contributed by atoms with Crippen molar-refractivity contribution in [1.29, 1.82) is 0 Å². The van der Waals surface area contributed by atoms with Crippen molar-refractivity contribution >= 4 is 17.3 Å². The summed E-state index contributed by atoms with van der Waals surface area (Å²) in [7, 11) is 0. The Morgan fingerprint density at radius 3 is 2.33 bits per heavy atom. The number of halogens is 1. The number of nitrogens with one attached hydrogen (secondary N) is 1. The van der Waals surface area contributed by atoms with Crippen LogP contribution < -0.4 is 11.1 Å². The molecule has 4 aliphatic rings. The molecule has 5 rings (SSSR count). The van der Waals surface area contributed by atoms with Crippen molar-refractivity contribution < 1.29 is 9.18 Å². The van der Waals surface area contributed by atoms with E-state index in [9.17, 15) is 9.18 Å².